The van der Waals surface area contributed by atoms with Gasteiger partial charge in [0.05, 0.1) is 19.7 Å². The van der Waals surface area contributed by atoms with E-state index in [1.54, 1.807) is 24.4 Å². The first-order valence-electron chi connectivity index (χ1n) is 5.83. The van der Waals surface area contributed by atoms with Crippen LogP contribution in [-0.2, 0) is 9.47 Å². The third-order valence-corrected chi connectivity index (χ3v) is 2.96. The van der Waals surface area contributed by atoms with Crippen molar-refractivity contribution in [2.24, 2.45) is 0 Å². The quantitative estimate of drug-likeness (QED) is 0.629. The Morgan fingerprint density at radius 3 is 2.15 bits per heavy atom. The fraction of sp³-hybridized carbons (Fsp3) is 0.214. The number of hydrogen-bond acceptors (Lipinski definition) is 5. The fourth-order valence-corrected chi connectivity index (χ4v) is 2.16. The predicted molar refractivity (Wildman–Crippen MR) is 70.1 cm³/mol. The number of hydrogen-bond donors (Lipinski definition) is 0. The lowest BCUT2D eigenvalue weighted by molar-refractivity contribution is 0.0556. The van der Waals surface area contributed by atoms with E-state index in [9.17, 15) is 14.4 Å². The van der Waals surface area contributed by atoms with E-state index in [1.807, 2.05) is 0 Å². The van der Waals surface area contributed by atoms with Crippen LogP contribution < -0.4 is 0 Å². The molecule has 0 saturated carbocycles. The number of nitrogens with zero attached hydrogens (tertiary/aromatic N) is 1. The summed E-state index contributed by atoms with van der Waals surface area (Å²) in [6, 6.07) is 5.03. The second kappa shape index (κ2) is 5.16. The molecule has 2 rings (SSSR count). The molecular weight excluding hydrogens is 262 g/mol. The average Bonchev–Trinajstić information content (AvgIpc) is 2.80. The van der Waals surface area contributed by atoms with Crippen molar-refractivity contribution in [3.8, 4) is 0 Å². The Morgan fingerprint density at radius 2 is 1.60 bits per heavy atom. The van der Waals surface area contributed by atoms with Gasteiger partial charge in [-0.25, -0.2) is 9.59 Å². The summed E-state index contributed by atoms with van der Waals surface area (Å²) in [6.45, 7) is 1.32. The van der Waals surface area contributed by atoms with Crippen molar-refractivity contribution in [1.82, 2.24) is 4.40 Å². The Labute approximate surface area is 114 Å². The van der Waals surface area contributed by atoms with Gasteiger partial charge in [0, 0.05) is 13.1 Å². The maximum absolute atomic E-state index is 12.0. The van der Waals surface area contributed by atoms with E-state index in [4.69, 9.17) is 4.74 Å². The number of fused-ring (bicyclic) bond motifs is 1. The van der Waals surface area contributed by atoms with Crippen LogP contribution in [-0.4, -0.2) is 36.3 Å². The maximum atomic E-state index is 12.0. The topological polar surface area (TPSA) is 74.1 Å². The third kappa shape index (κ3) is 1.95. The highest BCUT2D eigenvalue weighted by atomic mass is 16.5. The van der Waals surface area contributed by atoms with Crippen molar-refractivity contribution in [3.05, 3.63) is 41.2 Å². The van der Waals surface area contributed by atoms with Gasteiger partial charge in [-0.3, -0.25) is 4.79 Å². The standard InChI is InChI=1S/C14H13NO5/c1-8(16)12-11(14(18)20-3)10(13(17)19-2)9-6-4-5-7-15(9)12/h4-7H,1-3H3. The number of aromatic nitrogens is 1. The first-order valence-corrected chi connectivity index (χ1v) is 5.83. The van der Waals surface area contributed by atoms with Crippen molar-refractivity contribution in [2.45, 2.75) is 6.92 Å². The molecule has 0 aliphatic rings. The number of esters is 2. The lowest BCUT2D eigenvalue weighted by atomic mass is 10.1. The number of carbonyl (C=O) groups is 3. The summed E-state index contributed by atoms with van der Waals surface area (Å²) in [6.07, 6.45) is 1.60. The molecule has 0 amide bonds. The predicted octanol–water partition coefficient (Wildman–Crippen LogP) is 1.72. The van der Waals surface area contributed by atoms with E-state index in [2.05, 4.69) is 4.74 Å². The van der Waals surface area contributed by atoms with Crippen LogP contribution in [0.5, 0.6) is 0 Å². The summed E-state index contributed by atoms with van der Waals surface area (Å²) in [5.74, 6) is -1.79. The number of pyridine rings is 1. The molecule has 6 nitrogen and oxygen atoms in total. The molecule has 0 aliphatic heterocycles. The number of methoxy groups -OCH3 is 2. The van der Waals surface area contributed by atoms with Gasteiger partial charge in [-0.1, -0.05) is 6.07 Å². The summed E-state index contributed by atoms with van der Waals surface area (Å²) in [7, 11) is 2.40. The molecule has 2 aromatic heterocycles. The van der Waals surface area contributed by atoms with Crippen LogP contribution in [0.15, 0.2) is 24.4 Å². The van der Waals surface area contributed by atoms with E-state index >= 15 is 0 Å². The zero-order chi connectivity index (χ0) is 14.9. The molecule has 0 bridgehead atoms. The minimum Gasteiger partial charge on any atom is -0.465 e. The molecule has 104 valence electrons. The van der Waals surface area contributed by atoms with Crippen molar-refractivity contribution < 1.29 is 23.9 Å². The number of carbonyl (C=O) groups excluding carboxylic acids is 3. The Balaban J connectivity index is 2.97. The molecule has 0 fully saturated rings. The monoisotopic (exact) mass is 275 g/mol. The normalized spacial score (nSPS) is 10.3. The number of ether oxygens (including phenoxy) is 2. The summed E-state index contributed by atoms with van der Waals surface area (Å²) in [4.78, 5) is 35.7. The molecule has 0 unspecified atom stereocenters. The first-order chi connectivity index (χ1) is 9.52. The third-order valence-electron chi connectivity index (χ3n) is 2.96. The first kappa shape index (κ1) is 13.8. The molecule has 0 saturated heterocycles. The van der Waals surface area contributed by atoms with Gasteiger partial charge in [0.1, 0.15) is 16.8 Å². The highest BCUT2D eigenvalue weighted by Gasteiger charge is 2.30. The van der Waals surface area contributed by atoms with E-state index in [0.29, 0.717) is 5.52 Å². The molecule has 0 N–H and O–H groups in total. The number of ketones is 1. The van der Waals surface area contributed by atoms with E-state index in [0.717, 1.165) is 0 Å². The van der Waals surface area contributed by atoms with Crippen molar-refractivity contribution in [2.75, 3.05) is 14.2 Å². The minimum atomic E-state index is -0.751. The highest BCUT2D eigenvalue weighted by Crippen LogP contribution is 2.26. The average molecular weight is 275 g/mol. The number of Topliss-reactive ketones (excluding diaryl/α,β-unsaturated/α-hetero) is 1. The van der Waals surface area contributed by atoms with Gasteiger partial charge in [-0.05, 0) is 12.1 Å². The van der Waals surface area contributed by atoms with Gasteiger partial charge in [0.15, 0.2) is 5.78 Å². The molecule has 0 spiro atoms. The van der Waals surface area contributed by atoms with Crippen molar-refractivity contribution in [3.63, 3.8) is 0 Å². The van der Waals surface area contributed by atoms with Crippen LogP contribution in [0.1, 0.15) is 38.1 Å². The largest absolute Gasteiger partial charge is 0.465 e. The summed E-state index contributed by atoms with van der Waals surface area (Å²) in [5, 5.41) is 0. The summed E-state index contributed by atoms with van der Waals surface area (Å²) >= 11 is 0. The van der Waals surface area contributed by atoms with Gasteiger partial charge in [-0.15, -0.1) is 0 Å². The van der Waals surface area contributed by atoms with Crippen LogP contribution in [0.3, 0.4) is 0 Å². The smallest absolute Gasteiger partial charge is 0.341 e. The lowest BCUT2D eigenvalue weighted by Crippen LogP contribution is -2.13. The second-order valence-corrected chi connectivity index (χ2v) is 4.09. The van der Waals surface area contributed by atoms with Gasteiger partial charge in [0.25, 0.3) is 0 Å². The van der Waals surface area contributed by atoms with Gasteiger partial charge in [0.2, 0.25) is 0 Å². The van der Waals surface area contributed by atoms with E-state index < -0.39 is 11.9 Å². The lowest BCUT2D eigenvalue weighted by Gasteiger charge is -2.02. The maximum Gasteiger partial charge on any atom is 0.341 e. The van der Waals surface area contributed by atoms with Crippen LogP contribution >= 0.6 is 0 Å². The van der Waals surface area contributed by atoms with E-state index in [-0.39, 0.29) is 22.6 Å². The minimum absolute atomic E-state index is 0.0325. The van der Waals surface area contributed by atoms with Crippen molar-refractivity contribution >= 4 is 23.2 Å². The Morgan fingerprint density at radius 1 is 1.00 bits per heavy atom. The van der Waals surface area contributed by atoms with Gasteiger partial charge >= 0.3 is 11.9 Å². The van der Waals surface area contributed by atoms with Crippen molar-refractivity contribution in [1.29, 1.82) is 0 Å². The summed E-state index contributed by atoms with van der Waals surface area (Å²) in [5.41, 5.74) is 0.487. The molecule has 0 aromatic carbocycles. The van der Waals surface area contributed by atoms with Crippen LogP contribution in [0.25, 0.3) is 5.52 Å². The van der Waals surface area contributed by atoms with Gasteiger partial charge in [-0.2, -0.15) is 0 Å². The molecule has 0 atom stereocenters. The molecule has 20 heavy (non-hydrogen) atoms. The molecule has 0 radical (unpaired) electrons. The Hall–Kier alpha value is -2.63. The highest BCUT2D eigenvalue weighted by molar-refractivity contribution is 6.15. The zero-order valence-electron chi connectivity index (χ0n) is 11.3. The van der Waals surface area contributed by atoms with Crippen LogP contribution in [0, 0.1) is 0 Å². The SMILES string of the molecule is COC(=O)c1c(C(=O)OC)c2ccccn2c1C(C)=O. The molecular formula is C14H13NO5. The molecule has 0 aliphatic carbocycles. The molecule has 2 aromatic rings. The van der Waals surface area contributed by atoms with Gasteiger partial charge < -0.3 is 13.9 Å². The number of rotatable bonds is 3. The summed E-state index contributed by atoms with van der Waals surface area (Å²) < 4.78 is 10.9. The van der Waals surface area contributed by atoms with Crippen LogP contribution in [0.4, 0.5) is 0 Å². The Kier molecular flexibility index (Phi) is 3.56. The molecule has 2 heterocycles. The fourth-order valence-electron chi connectivity index (χ4n) is 2.16. The van der Waals surface area contributed by atoms with E-state index in [1.165, 1.54) is 25.5 Å². The second-order valence-electron chi connectivity index (χ2n) is 4.09. The Bertz CT molecular complexity index is 714. The van der Waals surface area contributed by atoms with Crippen LogP contribution in [0.2, 0.25) is 0 Å². The zero-order valence-corrected chi connectivity index (χ0v) is 11.3. The molecule has 6 heteroatoms.